The molecule has 0 bridgehead atoms. The third-order valence-electron chi connectivity index (χ3n) is 4.42. The van der Waals surface area contributed by atoms with Crippen LogP contribution in [-0.4, -0.2) is 40.0 Å². The maximum absolute atomic E-state index is 12.7. The zero-order chi connectivity index (χ0) is 21.5. The predicted octanol–water partition coefficient (Wildman–Crippen LogP) is 5.05. The van der Waals surface area contributed by atoms with Gasteiger partial charge in [0, 0.05) is 35.7 Å². The summed E-state index contributed by atoms with van der Waals surface area (Å²) < 4.78 is 0. The maximum Gasteiger partial charge on any atom is 0.253 e. The van der Waals surface area contributed by atoms with Crippen molar-refractivity contribution >= 4 is 39.9 Å². The van der Waals surface area contributed by atoms with Crippen LogP contribution in [-0.2, 0) is 4.79 Å². The van der Waals surface area contributed by atoms with Gasteiger partial charge in [0.05, 0.1) is 0 Å². The molecule has 0 saturated carbocycles. The first-order valence-electron chi connectivity index (χ1n) is 9.71. The molecule has 0 fully saturated rings. The molecule has 1 N–H and O–H groups in total. The van der Waals surface area contributed by atoms with Gasteiger partial charge in [-0.15, -0.1) is 10.2 Å². The molecule has 0 atom stereocenters. The quantitative estimate of drug-likeness (QED) is 0.529. The second-order valence-corrected chi connectivity index (χ2v) is 8.29. The van der Waals surface area contributed by atoms with Gasteiger partial charge in [0.1, 0.15) is 5.01 Å². The van der Waals surface area contributed by atoms with Gasteiger partial charge in [-0.3, -0.25) is 9.59 Å². The van der Waals surface area contributed by atoms with E-state index >= 15 is 0 Å². The van der Waals surface area contributed by atoms with Gasteiger partial charge in [-0.25, -0.2) is 0 Å². The number of hydrogen-bond acceptors (Lipinski definition) is 5. The molecule has 0 radical (unpaired) electrons. The summed E-state index contributed by atoms with van der Waals surface area (Å²) in [5.74, 6) is -0.314. The van der Waals surface area contributed by atoms with Crippen molar-refractivity contribution in [3.63, 3.8) is 0 Å². The van der Waals surface area contributed by atoms with E-state index < -0.39 is 0 Å². The molecule has 1 heterocycles. The first-order valence-corrected chi connectivity index (χ1v) is 10.9. The van der Waals surface area contributed by atoms with E-state index in [1.54, 1.807) is 29.2 Å². The summed E-state index contributed by atoms with van der Waals surface area (Å²) in [7, 11) is 0. The predicted molar refractivity (Wildman–Crippen MR) is 121 cm³/mol. The van der Waals surface area contributed by atoms with Crippen LogP contribution in [0, 0.1) is 6.92 Å². The van der Waals surface area contributed by atoms with Crippen molar-refractivity contribution in [2.24, 2.45) is 0 Å². The van der Waals surface area contributed by atoms with Crippen LogP contribution >= 0.6 is 22.9 Å². The number of hydrogen-bond donors (Lipinski definition) is 1. The fraction of sp³-hybridized carbons (Fsp3) is 0.273. The second-order valence-electron chi connectivity index (χ2n) is 6.88. The lowest BCUT2D eigenvalue weighted by atomic mass is 10.1. The maximum atomic E-state index is 12.7. The molecule has 1 aromatic heterocycles. The first kappa shape index (κ1) is 21.9. The van der Waals surface area contributed by atoms with E-state index in [1.165, 1.54) is 11.3 Å². The van der Waals surface area contributed by atoms with Crippen molar-refractivity contribution in [3.05, 3.63) is 64.7 Å². The Morgan fingerprint density at radius 3 is 2.57 bits per heavy atom. The van der Waals surface area contributed by atoms with Gasteiger partial charge >= 0.3 is 0 Å². The molecule has 156 valence electrons. The van der Waals surface area contributed by atoms with Crippen molar-refractivity contribution in [1.29, 1.82) is 0 Å². The molecule has 0 aliphatic heterocycles. The zero-order valence-electron chi connectivity index (χ0n) is 16.9. The monoisotopic (exact) mass is 442 g/mol. The van der Waals surface area contributed by atoms with E-state index in [9.17, 15) is 9.59 Å². The van der Waals surface area contributed by atoms with Crippen LogP contribution in [0.1, 0.15) is 35.7 Å². The summed E-state index contributed by atoms with van der Waals surface area (Å²) in [6, 6.07) is 14.7. The van der Waals surface area contributed by atoms with Crippen molar-refractivity contribution in [1.82, 2.24) is 15.1 Å². The van der Waals surface area contributed by atoms with Gasteiger partial charge in [0.15, 0.2) is 0 Å². The van der Waals surface area contributed by atoms with Gasteiger partial charge in [-0.1, -0.05) is 53.6 Å². The summed E-state index contributed by atoms with van der Waals surface area (Å²) in [6.07, 6.45) is 0.982. The topological polar surface area (TPSA) is 75.2 Å². The molecule has 2 amide bonds. The highest BCUT2D eigenvalue weighted by Gasteiger charge is 2.17. The summed E-state index contributed by atoms with van der Waals surface area (Å²) >= 11 is 7.22. The van der Waals surface area contributed by atoms with E-state index in [-0.39, 0.29) is 18.2 Å². The Balaban J connectivity index is 1.58. The van der Waals surface area contributed by atoms with Crippen LogP contribution in [0.25, 0.3) is 10.6 Å². The Hall–Kier alpha value is -2.77. The summed E-state index contributed by atoms with van der Waals surface area (Å²) in [4.78, 5) is 26.8. The Morgan fingerprint density at radius 1 is 1.10 bits per heavy atom. The molecule has 0 spiro atoms. The highest BCUT2D eigenvalue weighted by atomic mass is 35.5. The number of anilines is 1. The molecular weight excluding hydrogens is 420 g/mol. The van der Waals surface area contributed by atoms with Crippen molar-refractivity contribution in [2.45, 2.75) is 26.7 Å². The number of carbonyl (C=O) groups excluding carboxylic acids is 2. The third kappa shape index (κ3) is 5.87. The van der Waals surface area contributed by atoms with E-state index in [2.05, 4.69) is 15.5 Å². The Bertz CT molecular complexity index is 1020. The van der Waals surface area contributed by atoms with Crippen molar-refractivity contribution in [2.75, 3.05) is 18.4 Å². The number of nitrogens with one attached hydrogen (secondary N) is 1. The molecule has 3 rings (SSSR count). The standard InChI is InChI=1S/C22H23ClN4O2S/c1-3-12-27(21(29)16-7-9-18(23)10-8-16)13-11-19(28)24-22-26-25-20(30-22)17-6-4-5-15(2)14-17/h4-10,14H,3,11-13H2,1-2H3,(H,24,26,28). The third-order valence-corrected chi connectivity index (χ3v) is 5.56. The molecule has 8 heteroatoms. The van der Waals surface area contributed by atoms with E-state index in [0.717, 1.165) is 22.6 Å². The van der Waals surface area contributed by atoms with E-state index in [4.69, 9.17) is 11.6 Å². The lowest BCUT2D eigenvalue weighted by Gasteiger charge is -2.22. The number of aryl methyl sites for hydroxylation is 1. The average Bonchev–Trinajstić information content (AvgIpc) is 3.19. The fourth-order valence-electron chi connectivity index (χ4n) is 2.95. The Labute approximate surface area is 184 Å². The number of rotatable bonds is 8. The molecule has 2 aromatic carbocycles. The number of amides is 2. The van der Waals surface area contributed by atoms with Crippen LogP contribution in [0.3, 0.4) is 0 Å². The van der Waals surface area contributed by atoms with Gasteiger partial charge in [-0.05, 0) is 43.7 Å². The van der Waals surface area contributed by atoms with Crippen LogP contribution in [0.15, 0.2) is 48.5 Å². The molecular formula is C22H23ClN4O2S. The van der Waals surface area contributed by atoms with Crippen LogP contribution < -0.4 is 5.32 Å². The minimum Gasteiger partial charge on any atom is -0.338 e. The molecule has 0 aliphatic rings. The highest BCUT2D eigenvalue weighted by molar-refractivity contribution is 7.18. The highest BCUT2D eigenvalue weighted by Crippen LogP contribution is 2.26. The van der Waals surface area contributed by atoms with Crippen LogP contribution in [0.5, 0.6) is 0 Å². The normalized spacial score (nSPS) is 10.6. The smallest absolute Gasteiger partial charge is 0.253 e. The molecule has 0 aliphatic carbocycles. The van der Waals surface area contributed by atoms with E-state index in [0.29, 0.717) is 28.8 Å². The summed E-state index contributed by atoms with van der Waals surface area (Å²) in [6.45, 7) is 4.91. The number of benzene rings is 2. The van der Waals surface area contributed by atoms with Crippen molar-refractivity contribution in [3.8, 4) is 10.6 Å². The largest absolute Gasteiger partial charge is 0.338 e. The number of aromatic nitrogens is 2. The minimum absolute atomic E-state index is 0.112. The van der Waals surface area contributed by atoms with Gasteiger partial charge in [0.2, 0.25) is 11.0 Å². The SMILES string of the molecule is CCCN(CCC(=O)Nc1nnc(-c2cccc(C)c2)s1)C(=O)c1ccc(Cl)cc1. The summed E-state index contributed by atoms with van der Waals surface area (Å²) in [5, 5.41) is 12.8. The lowest BCUT2D eigenvalue weighted by Crippen LogP contribution is -2.34. The number of carbonyl (C=O) groups is 2. The second kappa shape index (κ2) is 10.3. The molecule has 0 unspecified atom stereocenters. The fourth-order valence-corrected chi connectivity index (χ4v) is 3.83. The van der Waals surface area contributed by atoms with Crippen molar-refractivity contribution < 1.29 is 9.59 Å². The first-order chi connectivity index (χ1) is 14.5. The van der Waals surface area contributed by atoms with Crippen LogP contribution in [0.4, 0.5) is 5.13 Å². The molecule has 6 nitrogen and oxygen atoms in total. The zero-order valence-corrected chi connectivity index (χ0v) is 18.5. The van der Waals surface area contributed by atoms with E-state index in [1.807, 2.05) is 38.1 Å². The summed E-state index contributed by atoms with van der Waals surface area (Å²) in [5.41, 5.74) is 2.66. The number of nitrogens with zero attached hydrogens (tertiary/aromatic N) is 3. The Kier molecular flexibility index (Phi) is 7.54. The van der Waals surface area contributed by atoms with Gasteiger partial charge in [-0.2, -0.15) is 0 Å². The molecule has 30 heavy (non-hydrogen) atoms. The average molecular weight is 443 g/mol. The molecule has 3 aromatic rings. The lowest BCUT2D eigenvalue weighted by molar-refractivity contribution is -0.116. The number of halogens is 1. The Morgan fingerprint density at radius 2 is 1.87 bits per heavy atom. The minimum atomic E-state index is -0.202. The van der Waals surface area contributed by atoms with Gasteiger partial charge < -0.3 is 10.2 Å². The van der Waals surface area contributed by atoms with Gasteiger partial charge in [0.25, 0.3) is 5.91 Å². The van der Waals surface area contributed by atoms with Crippen LogP contribution in [0.2, 0.25) is 5.02 Å². The molecule has 0 saturated heterocycles.